The third-order valence-corrected chi connectivity index (χ3v) is 3.46. The second-order valence-electron chi connectivity index (χ2n) is 4.61. The average Bonchev–Trinajstić information content (AvgIpc) is 3.04. The third kappa shape index (κ3) is 1.40. The lowest BCUT2D eigenvalue weighted by Crippen LogP contribution is -2.12. The summed E-state index contributed by atoms with van der Waals surface area (Å²) >= 11 is 0. The van der Waals surface area contributed by atoms with Gasteiger partial charge in [-0.2, -0.15) is 5.10 Å². The molecule has 3 aromatic rings. The average molecular weight is 266 g/mol. The standard InChI is InChI=1S/C13H10N6O/c14-11-9-10(18-19-12(9)17-5-16-11)6-1-2-7-4-15-13(20)8(7)3-6/h1-3,5H,4H2,(H,15,20)(H3,14,16,17,18,19). The van der Waals surface area contributed by atoms with Crippen LogP contribution in [0, 0.1) is 0 Å². The van der Waals surface area contributed by atoms with Crippen LogP contribution in [0.4, 0.5) is 5.82 Å². The van der Waals surface area contributed by atoms with Crippen LogP contribution < -0.4 is 11.1 Å². The predicted molar refractivity (Wildman–Crippen MR) is 72.7 cm³/mol. The molecule has 4 rings (SSSR count). The fourth-order valence-corrected chi connectivity index (χ4v) is 2.46. The van der Waals surface area contributed by atoms with Crippen LogP contribution in [0.1, 0.15) is 15.9 Å². The summed E-state index contributed by atoms with van der Waals surface area (Å²) in [4.78, 5) is 19.8. The quantitative estimate of drug-likeness (QED) is 0.604. The summed E-state index contributed by atoms with van der Waals surface area (Å²) in [5, 5.41) is 10.5. The van der Waals surface area contributed by atoms with Crippen LogP contribution in [0.5, 0.6) is 0 Å². The first-order chi connectivity index (χ1) is 9.74. The van der Waals surface area contributed by atoms with Crippen molar-refractivity contribution in [3.05, 3.63) is 35.7 Å². The Labute approximate surface area is 113 Å². The second kappa shape index (κ2) is 3.77. The molecule has 1 amide bonds. The van der Waals surface area contributed by atoms with Gasteiger partial charge in [0.1, 0.15) is 12.1 Å². The number of benzene rings is 1. The Morgan fingerprint density at radius 2 is 2.15 bits per heavy atom. The van der Waals surface area contributed by atoms with Gasteiger partial charge in [-0.1, -0.05) is 12.1 Å². The van der Waals surface area contributed by atoms with E-state index in [1.54, 1.807) is 0 Å². The normalized spacial score (nSPS) is 13.5. The molecule has 0 unspecified atom stereocenters. The molecule has 0 radical (unpaired) electrons. The highest BCUT2D eigenvalue weighted by atomic mass is 16.1. The van der Waals surface area contributed by atoms with Gasteiger partial charge in [0.15, 0.2) is 5.65 Å². The highest BCUT2D eigenvalue weighted by molar-refractivity contribution is 6.02. The summed E-state index contributed by atoms with van der Waals surface area (Å²) in [6.45, 7) is 0.573. The molecule has 0 fully saturated rings. The van der Waals surface area contributed by atoms with E-state index in [1.807, 2.05) is 18.2 Å². The maximum atomic E-state index is 11.7. The molecule has 3 heterocycles. The molecule has 98 valence electrons. The molecular weight excluding hydrogens is 256 g/mol. The van der Waals surface area contributed by atoms with Gasteiger partial charge in [0.25, 0.3) is 5.91 Å². The van der Waals surface area contributed by atoms with Crippen LogP contribution in [-0.2, 0) is 6.54 Å². The summed E-state index contributed by atoms with van der Waals surface area (Å²) in [7, 11) is 0. The van der Waals surface area contributed by atoms with Crippen LogP contribution in [0.25, 0.3) is 22.3 Å². The number of carbonyl (C=O) groups excluding carboxylic acids is 1. The fourth-order valence-electron chi connectivity index (χ4n) is 2.46. The van der Waals surface area contributed by atoms with E-state index in [2.05, 4.69) is 25.5 Å². The summed E-state index contributed by atoms with van der Waals surface area (Å²) in [5.74, 6) is 0.304. The first kappa shape index (κ1) is 10.9. The van der Waals surface area contributed by atoms with Crippen LogP contribution in [0.2, 0.25) is 0 Å². The van der Waals surface area contributed by atoms with E-state index in [0.717, 1.165) is 16.8 Å². The minimum atomic E-state index is -0.0603. The molecule has 0 saturated carbocycles. The number of nitrogens with two attached hydrogens (primary N) is 1. The zero-order chi connectivity index (χ0) is 13.7. The highest BCUT2D eigenvalue weighted by Gasteiger charge is 2.20. The van der Waals surface area contributed by atoms with Crippen molar-refractivity contribution in [3.8, 4) is 11.3 Å². The van der Waals surface area contributed by atoms with Crippen molar-refractivity contribution in [1.29, 1.82) is 0 Å². The Kier molecular flexibility index (Phi) is 2.06. The number of aromatic nitrogens is 4. The van der Waals surface area contributed by atoms with E-state index < -0.39 is 0 Å². The zero-order valence-electron chi connectivity index (χ0n) is 10.3. The van der Waals surface area contributed by atoms with E-state index in [-0.39, 0.29) is 5.91 Å². The van der Waals surface area contributed by atoms with Gasteiger partial charge >= 0.3 is 0 Å². The first-order valence-electron chi connectivity index (χ1n) is 6.10. The van der Waals surface area contributed by atoms with Crippen molar-refractivity contribution >= 4 is 22.8 Å². The number of amides is 1. The number of H-pyrrole nitrogens is 1. The van der Waals surface area contributed by atoms with Crippen molar-refractivity contribution in [2.24, 2.45) is 0 Å². The Bertz CT molecular complexity index is 853. The SMILES string of the molecule is Nc1ncnc2n[nH]c(-c3ccc4c(c3)C(=O)NC4)c12. The summed E-state index contributed by atoms with van der Waals surface area (Å²) in [5.41, 5.74) is 9.63. The number of nitrogens with one attached hydrogen (secondary N) is 2. The first-order valence-corrected chi connectivity index (χ1v) is 6.10. The van der Waals surface area contributed by atoms with E-state index in [1.165, 1.54) is 6.33 Å². The molecule has 0 spiro atoms. The van der Waals surface area contributed by atoms with Crippen LogP contribution in [0.15, 0.2) is 24.5 Å². The lowest BCUT2D eigenvalue weighted by Gasteiger charge is -2.02. The molecule has 0 saturated heterocycles. The molecule has 1 aliphatic heterocycles. The largest absolute Gasteiger partial charge is 0.383 e. The molecule has 0 bridgehead atoms. The number of carbonyl (C=O) groups is 1. The molecular formula is C13H10N6O. The van der Waals surface area contributed by atoms with Crippen molar-refractivity contribution in [2.45, 2.75) is 6.54 Å². The topological polar surface area (TPSA) is 110 Å². The van der Waals surface area contributed by atoms with Gasteiger partial charge < -0.3 is 11.1 Å². The van der Waals surface area contributed by atoms with Gasteiger partial charge in [0.2, 0.25) is 0 Å². The van der Waals surface area contributed by atoms with Crippen LogP contribution >= 0.6 is 0 Å². The number of hydrogen-bond acceptors (Lipinski definition) is 5. The van der Waals surface area contributed by atoms with E-state index >= 15 is 0 Å². The number of nitrogen functional groups attached to an aromatic ring is 1. The smallest absolute Gasteiger partial charge is 0.251 e. The number of fused-ring (bicyclic) bond motifs is 2. The Balaban J connectivity index is 1.96. The summed E-state index contributed by atoms with van der Waals surface area (Å²) in [6, 6.07) is 5.69. The van der Waals surface area contributed by atoms with Crippen molar-refractivity contribution in [1.82, 2.24) is 25.5 Å². The number of hydrogen-bond donors (Lipinski definition) is 3. The van der Waals surface area contributed by atoms with Gasteiger partial charge in [-0.25, -0.2) is 9.97 Å². The minimum Gasteiger partial charge on any atom is -0.383 e. The predicted octanol–water partition coefficient (Wildman–Crippen LogP) is 0.845. The zero-order valence-corrected chi connectivity index (χ0v) is 10.3. The van der Waals surface area contributed by atoms with Crippen molar-refractivity contribution < 1.29 is 4.79 Å². The monoisotopic (exact) mass is 266 g/mol. The highest BCUT2D eigenvalue weighted by Crippen LogP contribution is 2.30. The molecule has 7 heteroatoms. The number of anilines is 1. The van der Waals surface area contributed by atoms with E-state index in [0.29, 0.717) is 29.0 Å². The maximum absolute atomic E-state index is 11.7. The van der Waals surface area contributed by atoms with Crippen molar-refractivity contribution in [3.63, 3.8) is 0 Å². The van der Waals surface area contributed by atoms with Crippen LogP contribution in [-0.4, -0.2) is 26.1 Å². The Morgan fingerprint density at radius 1 is 1.25 bits per heavy atom. The second-order valence-corrected chi connectivity index (χ2v) is 4.61. The molecule has 7 nitrogen and oxygen atoms in total. The molecule has 1 aliphatic rings. The molecule has 0 atom stereocenters. The van der Waals surface area contributed by atoms with Gasteiger partial charge in [0, 0.05) is 17.7 Å². The van der Waals surface area contributed by atoms with Gasteiger partial charge in [-0.15, -0.1) is 0 Å². The fraction of sp³-hybridized carbons (Fsp3) is 0.0769. The lowest BCUT2D eigenvalue weighted by molar-refractivity contribution is 0.0966. The van der Waals surface area contributed by atoms with Crippen LogP contribution in [0.3, 0.4) is 0 Å². The van der Waals surface area contributed by atoms with Gasteiger partial charge in [-0.05, 0) is 11.6 Å². The molecule has 4 N–H and O–H groups in total. The van der Waals surface area contributed by atoms with Gasteiger partial charge in [-0.3, -0.25) is 9.89 Å². The Hall–Kier alpha value is -2.96. The van der Waals surface area contributed by atoms with E-state index in [4.69, 9.17) is 5.73 Å². The molecule has 2 aromatic heterocycles. The number of rotatable bonds is 1. The number of nitrogens with zero attached hydrogens (tertiary/aromatic N) is 3. The summed E-state index contributed by atoms with van der Waals surface area (Å²) in [6.07, 6.45) is 1.37. The Morgan fingerprint density at radius 3 is 3.05 bits per heavy atom. The molecule has 1 aromatic carbocycles. The number of aromatic amines is 1. The lowest BCUT2D eigenvalue weighted by atomic mass is 10.0. The van der Waals surface area contributed by atoms with Gasteiger partial charge in [0.05, 0.1) is 11.1 Å². The molecule has 20 heavy (non-hydrogen) atoms. The summed E-state index contributed by atoms with van der Waals surface area (Å²) < 4.78 is 0. The minimum absolute atomic E-state index is 0.0603. The van der Waals surface area contributed by atoms with E-state index in [9.17, 15) is 4.79 Å². The van der Waals surface area contributed by atoms with Crippen molar-refractivity contribution in [2.75, 3.05) is 5.73 Å². The maximum Gasteiger partial charge on any atom is 0.251 e. The molecule has 0 aliphatic carbocycles. The third-order valence-electron chi connectivity index (χ3n) is 3.46.